The molecule has 178 valence electrons. The molecule has 0 aromatic heterocycles. The van der Waals surface area contributed by atoms with E-state index in [4.69, 9.17) is 32.7 Å². The quantitative estimate of drug-likeness (QED) is 0.273. The van der Waals surface area contributed by atoms with Crippen molar-refractivity contribution in [2.45, 2.75) is 26.1 Å². The largest absolute Gasteiger partial charge is 0.480 e. The Morgan fingerprint density at radius 3 is 1.38 bits per heavy atom. The molecule has 0 aliphatic rings. The second-order valence-corrected chi connectivity index (χ2v) is 9.81. The summed E-state index contributed by atoms with van der Waals surface area (Å²) in [7, 11) is 0. The lowest BCUT2D eigenvalue weighted by Gasteiger charge is -2.17. The van der Waals surface area contributed by atoms with E-state index in [9.17, 15) is 9.59 Å². The van der Waals surface area contributed by atoms with E-state index in [0.29, 0.717) is 41.9 Å². The van der Waals surface area contributed by atoms with Crippen LogP contribution in [0.5, 0.6) is 11.5 Å². The Labute approximate surface area is 224 Å². The van der Waals surface area contributed by atoms with Crippen molar-refractivity contribution in [3.05, 3.63) is 79.7 Å². The lowest BCUT2D eigenvalue weighted by molar-refractivity contribution is -0.122. The number of hydrogen-bond donors (Lipinski definition) is 2. The van der Waals surface area contributed by atoms with Crippen molar-refractivity contribution >= 4 is 78.3 Å². The minimum atomic E-state index is -0.748. The van der Waals surface area contributed by atoms with Crippen LogP contribution in [0.15, 0.2) is 69.6 Å². The number of amides is 2. The molecule has 0 aliphatic carbocycles. The molecule has 34 heavy (non-hydrogen) atoms. The minimum absolute atomic E-state index is 0.325. The summed E-state index contributed by atoms with van der Waals surface area (Å²) in [5.74, 6) is 0.363. The van der Waals surface area contributed by atoms with E-state index >= 15 is 0 Å². The zero-order chi connectivity index (χ0) is 24.8. The molecular formula is C24H20Br2Cl2N2O4. The molecule has 0 heterocycles. The Kier molecular flexibility index (Phi) is 9.24. The number of benzene rings is 3. The highest BCUT2D eigenvalue weighted by molar-refractivity contribution is 9.10. The molecule has 3 aromatic rings. The van der Waals surface area contributed by atoms with Crippen LogP contribution in [0, 0.1) is 0 Å². The van der Waals surface area contributed by atoms with Crippen LogP contribution in [0.1, 0.15) is 13.8 Å². The van der Waals surface area contributed by atoms with Crippen molar-refractivity contribution < 1.29 is 19.1 Å². The first-order valence-corrected chi connectivity index (χ1v) is 12.4. The predicted octanol–water partition coefficient (Wildman–Crippen LogP) is 7.33. The molecule has 6 nitrogen and oxygen atoms in total. The fourth-order valence-corrected chi connectivity index (χ4v) is 4.31. The molecule has 0 bridgehead atoms. The molecule has 3 aromatic carbocycles. The number of carbonyl (C=O) groups is 2. The molecular weight excluding hydrogens is 611 g/mol. The second kappa shape index (κ2) is 11.9. The summed E-state index contributed by atoms with van der Waals surface area (Å²) in [6.07, 6.45) is -1.50. The van der Waals surface area contributed by atoms with Crippen LogP contribution in [-0.4, -0.2) is 24.0 Å². The van der Waals surface area contributed by atoms with Gasteiger partial charge in [-0.15, -0.1) is 0 Å². The lowest BCUT2D eigenvalue weighted by atomic mass is 10.2. The molecule has 2 atom stereocenters. The summed E-state index contributed by atoms with van der Waals surface area (Å²) in [6.45, 7) is 3.29. The highest BCUT2D eigenvalue weighted by atomic mass is 79.9. The van der Waals surface area contributed by atoms with Gasteiger partial charge in [-0.2, -0.15) is 0 Å². The SMILES string of the molecule is CC(Oc1ccc(Cl)cc1Br)C(=O)Nc1ccc(NC(=O)C(C)Oc2ccc(Cl)cc2Br)cc1. The van der Waals surface area contributed by atoms with Gasteiger partial charge < -0.3 is 20.1 Å². The third-order valence-corrected chi connectivity index (χ3v) is 6.26. The maximum atomic E-state index is 12.5. The standard InChI is InChI=1S/C24H20Br2Cl2N2O4/c1-13(33-21-9-3-15(27)11-19(21)25)23(31)29-17-5-7-18(8-6-17)30-24(32)14(2)34-22-10-4-16(28)12-20(22)26/h3-14H,1-2H3,(H,29,31)(H,30,32). The summed E-state index contributed by atoms with van der Waals surface area (Å²) in [6, 6.07) is 16.8. The van der Waals surface area contributed by atoms with Gasteiger partial charge >= 0.3 is 0 Å². The van der Waals surface area contributed by atoms with Gasteiger partial charge in [0.15, 0.2) is 12.2 Å². The van der Waals surface area contributed by atoms with E-state index < -0.39 is 12.2 Å². The first kappa shape index (κ1) is 26.3. The lowest BCUT2D eigenvalue weighted by Crippen LogP contribution is -2.30. The minimum Gasteiger partial charge on any atom is -0.480 e. The number of nitrogens with one attached hydrogen (secondary N) is 2. The van der Waals surface area contributed by atoms with Gasteiger partial charge in [-0.25, -0.2) is 0 Å². The fraction of sp³-hybridized carbons (Fsp3) is 0.167. The summed E-state index contributed by atoms with van der Waals surface area (Å²) < 4.78 is 12.7. The number of carbonyl (C=O) groups excluding carboxylic acids is 2. The Balaban J connectivity index is 1.53. The first-order chi connectivity index (χ1) is 16.1. The van der Waals surface area contributed by atoms with Gasteiger partial charge in [0.25, 0.3) is 11.8 Å². The van der Waals surface area contributed by atoms with E-state index in [-0.39, 0.29) is 11.8 Å². The smallest absolute Gasteiger partial charge is 0.265 e. The highest BCUT2D eigenvalue weighted by Crippen LogP contribution is 2.30. The van der Waals surface area contributed by atoms with Gasteiger partial charge in [0, 0.05) is 21.4 Å². The van der Waals surface area contributed by atoms with Gasteiger partial charge in [-0.1, -0.05) is 23.2 Å². The van der Waals surface area contributed by atoms with Gasteiger partial charge in [-0.3, -0.25) is 9.59 Å². The molecule has 0 spiro atoms. The Morgan fingerprint density at radius 1 is 0.706 bits per heavy atom. The van der Waals surface area contributed by atoms with E-state index in [2.05, 4.69) is 42.5 Å². The van der Waals surface area contributed by atoms with Crippen molar-refractivity contribution in [2.24, 2.45) is 0 Å². The van der Waals surface area contributed by atoms with Gasteiger partial charge in [0.1, 0.15) is 11.5 Å². The van der Waals surface area contributed by atoms with E-state index in [0.717, 1.165) is 0 Å². The molecule has 3 rings (SSSR count). The average Bonchev–Trinajstić information content (AvgIpc) is 2.78. The number of hydrogen-bond acceptors (Lipinski definition) is 4. The third kappa shape index (κ3) is 7.37. The number of anilines is 2. The summed E-state index contributed by atoms with van der Waals surface area (Å²) in [5.41, 5.74) is 1.12. The average molecular weight is 631 g/mol. The van der Waals surface area contributed by atoms with Gasteiger partial charge in [0.05, 0.1) is 8.95 Å². The molecule has 2 N–H and O–H groups in total. The van der Waals surface area contributed by atoms with Crippen LogP contribution in [-0.2, 0) is 9.59 Å². The zero-order valence-corrected chi connectivity index (χ0v) is 22.8. The summed E-state index contributed by atoms with van der Waals surface area (Å²) in [4.78, 5) is 25.0. The first-order valence-electron chi connectivity index (χ1n) is 10.1. The summed E-state index contributed by atoms with van der Waals surface area (Å²) >= 11 is 18.6. The van der Waals surface area contributed by atoms with Gasteiger partial charge in [0.2, 0.25) is 0 Å². The molecule has 0 saturated heterocycles. The number of ether oxygens (including phenoxy) is 2. The van der Waals surface area contributed by atoms with Gasteiger partial charge in [-0.05, 0) is 106 Å². The fourth-order valence-electron chi connectivity index (χ4n) is 2.75. The summed E-state index contributed by atoms with van der Waals surface area (Å²) in [5, 5.41) is 6.68. The van der Waals surface area contributed by atoms with Crippen molar-refractivity contribution in [1.29, 1.82) is 0 Å². The Hall–Kier alpha value is -2.26. The van der Waals surface area contributed by atoms with Crippen molar-refractivity contribution in [1.82, 2.24) is 0 Å². The number of halogens is 4. The molecule has 2 unspecified atom stereocenters. The third-order valence-electron chi connectivity index (χ3n) is 4.55. The van der Waals surface area contributed by atoms with Crippen LogP contribution in [0.3, 0.4) is 0 Å². The normalized spacial score (nSPS) is 12.4. The van der Waals surface area contributed by atoms with E-state index in [1.54, 1.807) is 74.5 Å². The zero-order valence-electron chi connectivity index (χ0n) is 18.1. The molecule has 0 radical (unpaired) electrons. The van der Waals surface area contributed by atoms with E-state index in [1.807, 2.05) is 0 Å². The molecule has 0 saturated carbocycles. The van der Waals surface area contributed by atoms with Crippen LogP contribution >= 0.6 is 55.1 Å². The number of rotatable bonds is 8. The predicted molar refractivity (Wildman–Crippen MR) is 142 cm³/mol. The van der Waals surface area contributed by atoms with E-state index in [1.165, 1.54) is 0 Å². The second-order valence-electron chi connectivity index (χ2n) is 7.23. The molecule has 10 heteroatoms. The maximum absolute atomic E-state index is 12.5. The highest BCUT2D eigenvalue weighted by Gasteiger charge is 2.18. The van der Waals surface area contributed by atoms with Crippen molar-refractivity contribution in [2.75, 3.05) is 10.6 Å². The topological polar surface area (TPSA) is 76.7 Å². The van der Waals surface area contributed by atoms with Crippen LogP contribution < -0.4 is 20.1 Å². The Morgan fingerprint density at radius 2 is 1.06 bits per heavy atom. The molecule has 0 fully saturated rings. The van der Waals surface area contributed by atoms with Crippen LogP contribution in [0.25, 0.3) is 0 Å². The van der Waals surface area contributed by atoms with Crippen molar-refractivity contribution in [3.8, 4) is 11.5 Å². The van der Waals surface area contributed by atoms with Crippen molar-refractivity contribution in [3.63, 3.8) is 0 Å². The monoisotopic (exact) mass is 628 g/mol. The van der Waals surface area contributed by atoms with Crippen LogP contribution in [0.2, 0.25) is 10.0 Å². The molecule has 0 aliphatic heterocycles. The Bertz CT molecular complexity index is 1100. The molecule has 2 amide bonds. The van der Waals surface area contributed by atoms with Crippen LogP contribution in [0.4, 0.5) is 11.4 Å². The maximum Gasteiger partial charge on any atom is 0.265 e.